The third-order valence-corrected chi connectivity index (χ3v) is 4.90. The standard InChI is InChI=1S/C18H18N2O2S/c1-2-22-18(21)16-14-10-6-7-11-15(14)23-17(16)20-12-19-13-8-4-3-5-9-13/h3-5,8-9H,2,6-7,10-11H2,1H3. The van der Waals surface area contributed by atoms with Crippen molar-refractivity contribution < 1.29 is 9.53 Å². The lowest BCUT2D eigenvalue weighted by molar-refractivity contribution is 0.0526. The molecule has 23 heavy (non-hydrogen) atoms. The predicted octanol–water partition coefficient (Wildman–Crippen LogP) is 4.94. The Morgan fingerprint density at radius 2 is 2.00 bits per heavy atom. The molecule has 0 N–H and O–H groups in total. The van der Waals surface area contributed by atoms with Crippen molar-refractivity contribution in [3.05, 3.63) is 46.3 Å². The Morgan fingerprint density at radius 1 is 1.22 bits per heavy atom. The number of thiophene rings is 1. The minimum atomic E-state index is -0.285. The van der Waals surface area contributed by atoms with Crippen molar-refractivity contribution in [2.75, 3.05) is 6.61 Å². The minimum absolute atomic E-state index is 0.285. The molecule has 0 spiro atoms. The molecule has 0 saturated carbocycles. The highest BCUT2D eigenvalue weighted by Gasteiger charge is 2.26. The maximum Gasteiger partial charge on any atom is 0.341 e. The van der Waals surface area contributed by atoms with Gasteiger partial charge in [0.25, 0.3) is 0 Å². The van der Waals surface area contributed by atoms with Gasteiger partial charge in [-0.25, -0.2) is 4.79 Å². The zero-order valence-corrected chi connectivity index (χ0v) is 13.9. The Labute approximate surface area is 139 Å². The van der Waals surface area contributed by atoms with Gasteiger partial charge in [0, 0.05) is 4.88 Å². The van der Waals surface area contributed by atoms with E-state index in [9.17, 15) is 4.79 Å². The van der Waals surface area contributed by atoms with Crippen LogP contribution in [0.2, 0.25) is 0 Å². The fourth-order valence-electron chi connectivity index (χ4n) is 2.67. The molecule has 2 aromatic rings. The van der Waals surface area contributed by atoms with Gasteiger partial charge in [0.1, 0.15) is 16.6 Å². The van der Waals surface area contributed by atoms with Gasteiger partial charge in [-0.1, -0.05) is 18.2 Å². The number of aliphatic imine (C=N–C) groups is 2. The topological polar surface area (TPSA) is 51.0 Å². The summed E-state index contributed by atoms with van der Waals surface area (Å²) in [6.45, 7) is 2.18. The van der Waals surface area contributed by atoms with Gasteiger partial charge < -0.3 is 4.74 Å². The summed E-state index contributed by atoms with van der Waals surface area (Å²) < 4.78 is 5.21. The van der Waals surface area contributed by atoms with Crippen molar-refractivity contribution in [1.29, 1.82) is 0 Å². The average molecular weight is 326 g/mol. The van der Waals surface area contributed by atoms with E-state index in [1.165, 1.54) is 4.88 Å². The number of hydrogen-bond donors (Lipinski definition) is 0. The molecule has 1 aliphatic rings. The second-order valence-corrected chi connectivity index (χ2v) is 6.35. The van der Waals surface area contributed by atoms with Crippen molar-refractivity contribution in [2.45, 2.75) is 32.6 Å². The molecule has 118 valence electrons. The summed E-state index contributed by atoms with van der Waals surface area (Å²) in [5.41, 5.74) is 2.51. The average Bonchev–Trinajstić information content (AvgIpc) is 2.94. The van der Waals surface area contributed by atoms with Crippen LogP contribution in [0, 0.1) is 0 Å². The molecule has 0 aliphatic heterocycles. The van der Waals surface area contributed by atoms with Gasteiger partial charge in [-0.15, -0.1) is 11.3 Å². The van der Waals surface area contributed by atoms with E-state index in [0.717, 1.165) is 36.9 Å². The largest absolute Gasteiger partial charge is 0.462 e. The van der Waals surface area contributed by atoms with Crippen LogP contribution in [0.25, 0.3) is 0 Å². The third-order valence-electron chi connectivity index (χ3n) is 3.72. The molecule has 3 rings (SSSR count). The number of carbonyl (C=O) groups excluding carboxylic acids is 1. The number of hydrogen-bond acceptors (Lipinski definition) is 5. The van der Waals surface area contributed by atoms with Crippen LogP contribution < -0.4 is 0 Å². The van der Waals surface area contributed by atoms with Gasteiger partial charge >= 0.3 is 5.97 Å². The second-order valence-electron chi connectivity index (χ2n) is 5.27. The highest BCUT2D eigenvalue weighted by Crippen LogP contribution is 2.40. The van der Waals surface area contributed by atoms with Crippen LogP contribution in [-0.2, 0) is 17.6 Å². The van der Waals surface area contributed by atoms with Crippen molar-refractivity contribution in [3.63, 3.8) is 0 Å². The molecule has 0 atom stereocenters. The number of ether oxygens (including phenoxy) is 1. The Morgan fingerprint density at radius 3 is 2.78 bits per heavy atom. The Balaban J connectivity index is 1.96. The fraction of sp³-hybridized carbons (Fsp3) is 0.333. The number of fused-ring (bicyclic) bond motifs is 1. The molecule has 0 amide bonds. The minimum Gasteiger partial charge on any atom is -0.462 e. The van der Waals surface area contributed by atoms with Gasteiger partial charge in [0.05, 0.1) is 12.3 Å². The van der Waals surface area contributed by atoms with Crippen LogP contribution in [0.1, 0.15) is 40.6 Å². The first-order valence-electron chi connectivity index (χ1n) is 7.82. The van der Waals surface area contributed by atoms with Crippen LogP contribution in [-0.4, -0.2) is 18.6 Å². The Hall–Kier alpha value is -2.23. The monoisotopic (exact) mass is 326 g/mol. The van der Waals surface area contributed by atoms with Gasteiger partial charge in [-0.3, -0.25) is 0 Å². The van der Waals surface area contributed by atoms with Crippen molar-refractivity contribution >= 4 is 34.0 Å². The van der Waals surface area contributed by atoms with Crippen LogP contribution >= 0.6 is 11.3 Å². The Bertz CT molecular complexity index is 759. The van der Waals surface area contributed by atoms with Gasteiger partial charge in [-0.2, -0.15) is 9.98 Å². The van der Waals surface area contributed by atoms with Crippen molar-refractivity contribution in [2.24, 2.45) is 9.98 Å². The lowest BCUT2D eigenvalue weighted by atomic mass is 9.95. The molecule has 1 aromatic heterocycles. The number of aryl methyl sites for hydroxylation is 1. The lowest BCUT2D eigenvalue weighted by Gasteiger charge is -2.11. The van der Waals surface area contributed by atoms with Crippen LogP contribution in [0.4, 0.5) is 10.7 Å². The van der Waals surface area contributed by atoms with Gasteiger partial charge in [-0.05, 0) is 50.3 Å². The molecule has 1 aromatic carbocycles. The van der Waals surface area contributed by atoms with E-state index < -0.39 is 0 Å². The molecule has 0 unspecified atom stereocenters. The summed E-state index contributed by atoms with van der Waals surface area (Å²) in [4.78, 5) is 22.1. The summed E-state index contributed by atoms with van der Waals surface area (Å²) in [7, 11) is 0. The molecule has 1 heterocycles. The highest BCUT2D eigenvalue weighted by atomic mass is 32.1. The molecular weight excluding hydrogens is 308 g/mol. The molecule has 0 fully saturated rings. The summed E-state index contributed by atoms with van der Waals surface area (Å²) in [6.07, 6.45) is 4.21. The van der Waals surface area contributed by atoms with Crippen LogP contribution in [0.5, 0.6) is 0 Å². The maximum absolute atomic E-state index is 12.3. The first kappa shape index (κ1) is 15.7. The third kappa shape index (κ3) is 3.58. The van der Waals surface area contributed by atoms with Crippen LogP contribution in [0.3, 0.4) is 0 Å². The summed E-state index contributed by atoms with van der Waals surface area (Å²) >= 11 is 1.56. The number of benzene rings is 1. The molecule has 5 heteroatoms. The van der Waals surface area contributed by atoms with E-state index >= 15 is 0 Å². The summed E-state index contributed by atoms with van der Waals surface area (Å²) in [6, 6.07) is 12.2. The smallest absolute Gasteiger partial charge is 0.341 e. The van der Waals surface area contributed by atoms with Crippen molar-refractivity contribution in [1.82, 2.24) is 0 Å². The summed E-state index contributed by atoms with van der Waals surface area (Å²) in [5.74, 6) is -0.285. The van der Waals surface area contributed by atoms with Crippen molar-refractivity contribution in [3.8, 4) is 0 Å². The van der Waals surface area contributed by atoms with E-state index in [0.29, 0.717) is 17.2 Å². The predicted molar refractivity (Wildman–Crippen MR) is 92.5 cm³/mol. The maximum atomic E-state index is 12.3. The summed E-state index contributed by atoms with van der Waals surface area (Å²) in [5, 5.41) is 0.662. The first-order chi connectivity index (χ1) is 11.3. The number of esters is 1. The molecule has 0 saturated heterocycles. The second kappa shape index (κ2) is 7.36. The molecular formula is C18H18N2O2S. The fourth-order valence-corrected chi connectivity index (χ4v) is 3.88. The van der Waals surface area contributed by atoms with Gasteiger partial charge in [0.15, 0.2) is 0 Å². The quantitative estimate of drug-likeness (QED) is 0.590. The van der Waals surface area contributed by atoms with E-state index in [1.807, 2.05) is 37.3 Å². The molecule has 1 aliphatic carbocycles. The van der Waals surface area contributed by atoms with Crippen LogP contribution in [0.15, 0.2) is 40.3 Å². The van der Waals surface area contributed by atoms with E-state index in [4.69, 9.17) is 4.74 Å². The zero-order valence-electron chi connectivity index (χ0n) is 13.0. The van der Waals surface area contributed by atoms with E-state index in [-0.39, 0.29) is 5.97 Å². The normalized spacial score (nSPS) is 12.9. The molecule has 0 radical (unpaired) electrons. The van der Waals surface area contributed by atoms with E-state index in [2.05, 4.69) is 16.0 Å². The zero-order chi connectivity index (χ0) is 16.1. The Kier molecular flexibility index (Phi) is 5.01. The molecule has 4 nitrogen and oxygen atoms in total. The van der Waals surface area contributed by atoms with Gasteiger partial charge in [0.2, 0.25) is 0 Å². The highest BCUT2D eigenvalue weighted by molar-refractivity contribution is 7.16. The SMILES string of the molecule is CCOC(=O)c1c(N=C=Nc2ccccc2)sc2c1CCCC2. The van der Waals surface area contributed by atoms with E-state index in [1.54, 1.807) is 11.3 Å². The first-order valence-corrected chi connectivity index (χ1v) is 8.64. The molecule has 0 bridgehead atoms. The number of carbonyl (C=O) groups is 1. The number of nitrogens with zero attached hydrogens (tertiary/aromatic N) is 2. The number of para-hydroxylation sites is 1. The number of rotatable bonds is 4. The lowest BCUT2D eigenvalue weighted by Crippen LogP contribution is -2.09.